The van der Waals surface area contributed by atoms with Crippen molar-refractivity contribution in [3.8, 4) is 5.75 Å². The number of ether oxygens (including phenoxy) is 1. The molecule has 0 aliphatic rings. The number of hydrogen-bond donors (Lipinski definition) is 2. The molecule has 0 heterocycles. The minimum atomic E-state index is -0.600. The molecule has 0 aromatic heterocycles. The van der Waals surface area contributed by atoms with Gasteiger partial charge >= 0.3 is 0 Å². The first-order valence-electron chi connectivity index (χ1n) is 9.09. The van der Waals surface area contributed by atoms with Crippen molar-refractivity contribution in [2.24, 2.45) is 5.73 Å². The predicted molar refractivity (Wildman–Crippen MR) is 116 cm³/mol. The van der Waals surface area contributed by atoms with Crippen LogP contribution >= 0.6 is 11.8 Å². The number of amides is 2. The molecule has 29 heavy (non-hydrogen) atoms. The molecule has 3 rings (SSSR count). The quantitative estimate of drug-likeness (QED) is 0.602. The van der Waals surface area contributed by atoms with E-state index in [-0.39, 0.29) is 12.5 Å². The fourth-order valence-electron chi connectivity index (χ4n) is 2.65. The summed E-state index contributed by atoms with van der Waals surface area (Å²) in [4.78, 5) is 25.8. The van der Waals surface area contributed by atoms with Gasteiger partial charge in [-0.1, -0.05) is 30.0 Å². The second-order valence-electron chi connectivity index (χ2n) is 6.58. The molecule has 3 N–H and O–H groups in total. The summed E-state index contributed by atoms with van der Waals surface area (Å²) in [6.45, 7) is 3.91. The SMILES string of the molecule is Cc1ccc(Sc2ccc(NC(=O)c3ccccc3OCC(N)=O)cc2)cc1C. The highest BCUT2D eigenvalue weighted by Gasteiger charge is 2.13. The van der Waals surface area contributed by atoms with Gasteiger partial charge in [-0.3, -0.25) is 9.59 Å². The van der Waals surface area contributed by atoms with E-state index in [1.54, 1.807) is 36.0 Å². The molecule has 3 aromatic rings. The lowest BCUT2D eigenvalue weighted by Gasteiger charge is -2.11. The van der Waals surface area contributed by atoms with Crippen molar-refractivity contribution in [2.45, 2.75) is 23.6 Å². The van der Waals surface area contributed by atoms with E-state index < -0.39 is 5.91 Å². The number of aryl methyl sites for hydroxylation is 2. The summed E-state index contributed by atoms with van der Waals surface area (Å²) in [6, 6.07) is 20.7. The molecule has 0 unspecified atom stereocenters. The third-order valence-corrected chi connectivity index (χ3v) is 5.33. The zero-order chi connectivity index (χ0) is 20.8. The van der Waals surface area contributed by atoms with Crippen molar-refractivity contribution in [3.05, 3.63) is 83.4 Å². The molecule has 0 saturated heterocycles. The van der Waals surface area contributed by atoms with E-state index in [0.29, 0.717) is 17.0 Å². The Morgan fingerprint density at radius 3 is 2.31 bits per heavy atom. The van der Waals surface area contributed by atoms with Gasteiger partial charge in [0.25, 0.3) is 11.8 Å². The first kappa shape index (κ1) is 20.5. The topological polar surface area (TPSA) is 81.4 Å². The molecule has 2 amide bonds. The van der Waals surface area contributed by atoms with E-state index >= 15 is 0 Å². The van der Waals surface area contributed by atoms with Crippen molar-refractivity contribution < 1.29 is 14.3 Å². The predicted octanol–water partition coefficient (Wildman–Crippen LogP) is 4.57. The van der Waals surface area contributed by atoms with Crippen LogP contribution in [0.1, 0.15) is 21.5 Å². The minimum absolute atomic E-state index is 0.283. The van der Waals surface area contributed by atoms with Crippen molar-refractivity contribution >= 4 is 29.3 Å². The van der Waals surface area contributed by atoms with E-state index in [0.717, 1.165) is 4.90 Å². The number of rotatable bonds is 7. The number of primary amides is 1. The largest absolute Gasteiger partial charge is 0.483 e. The Balaban J connectivity index is 1.67. The van der Waals surface area contributed by atoms with Gasteiger partial charge in [0, 0.05) is 15.5 Å². The second-order valence-corrected chi connectivity index (χ2v) is 7.72. The Hall–Kier alpha value is -3.25. The molecule has 0 spiro atoms. The molecular weight excluding hydrogens is 384 g/mol. The molecular formula is C23H22N2O3S. The smallest absolute Gasteiger partial charge is 0.259 e. The molecule has 0 fully saturated rings. The number of anilines is 1. The van der Waals surface area contributed by atoms with Crippen LogP contribution in [0.5, 0.6) is 5.75 Å². The van der Waals surface area contributed by atoms with Gasteiger partial charge in [0.15, 0.2) is 6.61 Å². The van der Waals surface area contributed by atoms with Gasteiger partial charge in [-0.2, -0.15) is 0 Å². The summed E-state index contributed by atoms with van der Waals surface area (Å²) in [5, 5.41) is 2.85. The van der Waals surface area contributed by atoms with Crippen LogP contribution in [0.4, 0.5) is 5.69 Å². The summed E-state index contributed by atoms with van der Waals surface area (Å²) < 4.78 is 5.32. The number of hydrogen-bond acceptors (Lipinski definition) is 4. The fourth-order valence-corrected chi connectivity index (χ4v) is 3.56. The fraction of sp³-hybridized carbons (Fsp3) is 0.130. The minimum Gasteiger partial charge on any atom is -0.483 e. The van der Waals surface area contributed by atoms with Crippen LogP contribution in [-0.4, -0.2) is 18.4 Å². The van der Waals surface area contributed by atoms with Gasteiger partial charge in [-0.05, 0) is 73.5 Å². The van der Waals surface area contributed by atoms with E-state index in [9.17, 15) is 9.59 Å². The first-order chi connectivity index (χ1) is 13.9. The van der Waals surface area contributed by atoms with Crippen LogP contribution in [0.3, 0.4) is 0 Å². The number of carbonyl (C=O) groups is 2. The molecule has 5 nitrogen and oxygen atoms in total. The molecule has 0 atom stereocenters. The van der Waals surface area contributed by atoms with Crippen molar-refractivity contribution in [1.29, 1.82) is 0 Å². The van der Waals surface area contributed by atoms with Gasteiger partial charge in [-0.25, -0.2) is 0 Å². The number of nitrogens with two attached hydrogens (primary N) is 1. The summed E-state index contributed by atoms with van der Waals surface area (Å²) in [6.07, 6.45) is 0. The first-order valence-corrected chi connectivity index (χ1v) is 9.90. The maximum Gasteiger partial charge on any atom is 0.259 e. The Morgan fingerprint density at radius 2 is 1.62 bits per heavy atom. The molecule has 0 bridgehead atoms. The van der Waals surface area contributed by atoms with Crippen LogP contribution in [0, 0.1) is 13.8 Å². The highest BCUT2D eigenvalue weighted by Crippen LogP contribution is 2.30. The van der Waals surface area contributed by atoms with Crippen molar-refractivity contribution in [1.82, 2.24) is 0 Å². The molecule has 6 heteroatoms. The normalized spacial score (nSPS) is 10.4. The number of carbonyl (C=O) groups excluding carboxylic acids is 2. The van der Waals surface area contributed by atoms with E-state index in [1.165, 1.54) is 16.0 Å². The molecule has 0 radical (unpaired) electrons. The maximum atomic E-state index is 12.6. The van der Waals surface area contributed by atoms with Crippen molar-refractivity contribution in [3.63, 3.8) is 0 Å². The average Bonchev–Trinajstić information content (AvgIpc) is 2.71. The summed E-state index contributed by atoms with van der Waals surface area (Å²) in [5.41, 5.74) is 8.65. The Kier molecular flexibility index (Phi) is 6.57. The van der Waals surface area contributed by atoms with E-state index in [1.807, 2.05) is 24.3 Å². The second kappa shape index (κ2) is 9.30. The maximum absolute atomic E-state index is 12.6. The average molecular weight is 407 g/mol. The summed E-state index contributed by atoms with van der Waals surface area (Å²) in [7, 11) is 0. The van der Waals surface area contributed by atoms with E-state index in [4.69, 9.17) is 10.5 Å². The van der Waals surface area contributed by atoms with Gasteiger partial charge in [-0.15, -0.1) is 0 Å². The van der Waals surface area contributed by atoms with Crippen molar-refractivity contribution in [2.75, 3.05) is 11.9 Å². The van der Waals surface area contributed by atoms with Crippen LogP contribution in [0.2, 0.25) is 0 Å². The highest BCUT2D eigenvalue weighted by atomic mass is 32.2. The zero-order valence-corrected chi connectivity index (χ0v) is 17.1. The van der Waals surface area contributed by atoms with Crippen LogP contribution in [0.15, 0.2) is 76.5 Å². The molecule has 0 aliphatic carbocycles. The standard InChI is InChI=1S/C23H22N2O3S/c1-15-7-10-19(13-16(15)2)29-18-11-8-17(9-12-18)25-23(27)20-5-3-4-6-21(20)28-14-22(24)26/h3-13H,14H2,1-2H3,(H2,24,26)(H,25,27). The van der Waals surface area contributed by atoms with Gasteiger partial charge < -0.3 is 15.8 Å². The number of para-hydroxylation sites is 1. The van der Waals surface area contributed by atoms with E-state index in [2.05, 4.69) is 37.4 Å². The Morgan fingerprint density at radius 1 is 0.931 bits per heavy atom. The monoisotopic (exact) mass is 406 g/mol. The van der Waals surface area contributed by atoms with Gasteiger partial charge in [0.1, 0.15) is 5.75 Å². The third kappa shape index (κ3) is 5.62. The molecule has 3 aromatic carbocycles. The number of nitrogens with one attached hydrogen (secondary N) is 1. The lowest BCUT2D eigenvalue weighted by atomic mass is 10.1. The van der Waals surface area contributed by atoms with Gasteiger partial charge in [0.2, 0.25) is 0 Å². The Labute approximate surface area is 174 Å². The lowest BCUT2D eigenvalue weighted by molar-refractivity contribution is -0.119. The molecule has 148 valence electrons. The highest BCUT2D eigenvalue weighted by molar-refractivity contribution is 7.99. The summed E-state index contributed by atoms with van der Waals surface area (Å²) in [5.74, 6) is -0.609. The zero-order valence-electron chi connectivity index (χ0n) is 16.3. The van der Waals surface area contributed by atoms with Gasteiger partial charge in [0.05, 0.1) is 5.56 Å². The lowest BCUT2D eigenvalue weighted by Crippen LogP contribution is -2.21. The molecule has 0 aliphatic heterocycles. The third-order valence-electron chi connectivity index (χ3n) is 4.33. The number of benzene rings is 3. The van der Waals surface area contributed by atoms with Crippen LogP contribution in [-0.2, 0) is 4.79 Å². The van der Waals surface area contributed by atoms with Crippen LogP contribution in [0.25, 0.3) is 0 Å². The summed E-state index contributed by atoms with van der Waals surface area (Å²) >= 11 is 1.67. The Bertz CT molecular complexity index is 1030. The van der Waals surface area contributed by atoms with Crippen LogP contribution < -0.4 is 15.8 Å². The molecule has 0 saturated carbocycles.